The highest BCUT2D eigenvalue weighted by molar-refractivity contribution is 6.45. The molecular formula is C15H18Cl2N2. The molecule has 0 unspecified atom stereocenters. The summed E-state index contributed by atoms with van der Waals surface area (Å²) in [6.07, 6.45) is 0. The average Bonchev–Trinajstić information content (AvgIpc) is 2.33. The molecule has 0 amide bonds. The molecular weight excluding hydrogens is 279 g/mol. The van der Waals surface area contributed by atoms with Gasteiger partial charge in [-0.25, -0.2) is 4.98 Å². The van der Waals surface area contributed by atoms with Crippen molar-refractivity contribution in [2.24, 2.45) is 0 Å². The zero-order valence-electron chi connectivity index (χ0n) is 11.6. The fourth-order valence-corrected chi connectivity index (χ4v) is 2.42. The number of benzene rings is 1. The van der Waals surface area contributed by atoms with Crippen LogP contribution in [0.4, 0.5) is 5.82 Å². The lowest BCUT2D eigenvalue weighted by molar-refractivity contribution is 0.590. The third-order valence-corrected chi connectivity index (χ3v) is 3.83. The Labute approximate surface area is 124 Å². The number of pyridine rings is 1. The van der Waals surface area contributed by atoms with Gasteiger partial charge in [-0.3, -0.25) is 0 Å². The van der Waals surface area contributed by atoms with Crippen LogP contribution in [0.2, 0.25) is 10.0 Å². The molecule has 0 aliphatic heterocycles. The van der Waals surface area contributed by atoms with Crippen LogP contribution in [-0.2, 0) is 5.41 Å². The van der Waals surface area contributed by atoms with Gasteiger partial charge in [-0.2, -0.15) is 0 Å². The van der Waals surface area contributed by atoms with E-state index in [-0.39, 0.29) is 5.41 Å². The first-order valence-electron chi connectivity index (χ1n) is 6.37. The zero-order valence-corrected chi connectivity index (χ0v) is 13.2. The van der Waals surface area contributed by atoms with Crippen molar-refractivity contribution in [1.29, 1.82) is 0 Å². The summed E-state index contributed by atoms with van der Waals surface area (Å²) >= 11 is 12.3. The Morgan fingerprint density at radius 1 is 1.21 bits per heavy atom. The largest absolute Gasteiger partial charge is 0.370 e. The highest BCUT2D eigenvalue weighted by Gasteiger charge is 2.20. The lowest BCUT2D eigenvalue weighted by Crippen LogP contribution is -2.16. The predicted octanol–water partition coefficient (Wildman–Crippen LogP) is 5.27. The second-order valence-corrected chi connectivity index (χ2v) is 6.38. The molecule has 0 atom stereocenters. The Balaban J connectivity index is 2.76. The zero-order chi connectivity index (χ0) is 14.2. The van der Waals surface area contributed by atoms with Crippen molar-refractivity contribution < 1.29 is 0 Å². The van der Waals surface area contributed by atoms with E-state index in [1.54, 1.807) is 0 Å². The van der Waals surface area contributed by atoms with Gasteiger partial charge in [-0.15, -0.1) is 0 Å². The normalized spacial score (nSPS) is 11.9. The van der Waals surface area contributed by atoms with E-state index in [1.807, 2.05) is 12.1 Å². The minimum atomic E-state index is 0.0187. The summed E-state index contributed by atoms with van der Waals surface area (Å²) in [6, 6.07) is 5.91. The number of anilines is 1. The summed E-state index contributed by atoms with van der Waals surface area (Å²) in [4.78, 5) is 4.66. The van der Waals surface area contributed by atoms with Crippen LogP contribution >= 0.6 is 23.2 Å². The summed E-state index contributed by atoms with van der Waals surface area (Å²) < 4.78 is 0. The summed E-state index contributed by atoms with van der Waals surface area (Å²) in [5.41, 5.74) is 1.95. The Morgan fingerprint density at radius 3 is 2.47 bits per heavy atom. The first-order valence-corrected chi connectivity index (χ1v) is 7.13. The van der Waals surface area contributed by atoms with E-state index in [9.17, 15) is 0 Å². The van der Waals surface area contributed by atoms with Gasteiger partial charge in [0.05, 0.1) is 15.6 Å². The van der Waals surface area contributed by atoms with E-state index < -0.39 is 0 Å². The van der Waals surface area contributed by atoms with Crippen LogP contribution in [0.15, 0.2) is 18.2 Å². The molecule has 2 rings (SSSR count). The second kappa shape index (κ2) is 5.18. The molecule has 1 aromatic heterocycles. The summed E-state index contributed by atoms with van der Waals surface area (Å²) in [6.45, 7) is 9.40. The molecule has 0 fully saturated rings. The molecule has 1 heterocycles. The number of nitrogens with zero attached hydrogens (tertiary/aromatic N) is 1. The van der Waals surface area contributed by atoms with Gasteiger partial charge in [0.2, 0.25) is 0 Å². The number of halogens is 2. The van der Waals surface area contributed by atoms with Crippen LogP contribution in [0.5, 0.6) is 0 Å². The Kier molecular flexibility index (Phi) is 3.93. The van der Waals surface area contributed by atoms with Gasteiger partial charge in [-0.1, -0.05) is 50.0 Å². The van der Waals surface area contributed by atoms with Gasteiger partial charge in [0.15, 0.2) is 0 Å². The smallest absolute Gasteiger partial charge is 0.130 e. The molecule has 0 radical (unpaired) electrons. The SMILES string of the molecule is CCNc1nc2c(Cl)c(Cl)ccc2cc1C(C)(C)C. The van der Waals surface area contributed by atoms with E-state index in [0.717, 1.165) is 23.3 Å². The van der Waals surface area contributed by atoms with E-state index in [4.69, 9.17) is 23.2 Å². The van der Waals surface area contributed by atoms with Crippen molar-refractivity contribution in [3.8, 4) is 0 Å². The summed E-state index contributed by atoms with van der Waals surface area (Å²) in [5.74, 6) is 0.881. The number of rotatable bonds is 2. The highest BCUT2D eigenvalue weighted by atomic mass is 35.5. The molecule has 1 aromatic carbocycles. The fourth-order valence-electron chi connectivity index (χ4n) is 2.05. The average molecular weight is 297 g/mol. The molecule has 2 nitrogen and oxygen atoms in total. The van der Waals surface area contributed by atoms with Crippen molar-refractivity contribution in [2.75, 3.05) is 11.9 Å². The minimum Gasteiger partial charge on any atom is -0.370 e. The molecule has 0 aliphatic rings. The number of hydrogen-bond donors (Lipinski definition) is 1. The van der Waals surface area contributed by atoms with Crippen LogP contribution in [0.1, 0.15) is 33.3 Å². The third kappa shape index (κ3) is 2.80. The van der Waals surface area contributed by atoms with Crippen molar-refractivity contribution in [3.63, 3.8) is 0 Å². The van der Waals surface area contributed by atoms with Crippen LogP contribution in [0, 0.1) is 0 Å². The maximum atomic E-state index is 6.24. The molecule has 1 N–H and O–H groups in total. The quantitative estimate of drug-likeness (QED) is 0.816. The first kappa shape index (κ1) is 14.4. The van der Waals surface area contributed by atoms with Crippen LogP contribution in [-0.4, -0.2) is 11.5 Å². The third-order valence-electron chi connectivity index (χ3n) is 3.03. The lowest BCUT2D eigenvalue weighted by atomic mass is 9.86. The van der Waals surface area contributed by atoms with E-state index in [2.05, 4.69) is 44.1 Å². The Hall–Kier alpha value is -0.990. The van der Waals surface area contributed by atoms with Crippen LogP contribution < -0.4 is 5.32 Å². The van der Waals surface area contributed by atoms with Crippen molar-refractivity contribution in [3.05, 3.63) is 33.8 Å². The number of fused-ring (bicyclic) bond motifs is 1. The van der Waals surface area contributed by atoms with E-state index >= 15 is 0 Å². The van der Waals surface area contributed by atoms with Gasteiger partial charge in [0.25, 0.3) is 0 Å². The molecule has 0 spiro atoms. The molecule has 0 saturated carbocycles. The molecule has 0 aliphatic carbocycles. The highest BCUT2D eigenvalue weighted by Crippen LogP contribution is 2.35. The lowest BCUT2D eigenvalue weighted by Gasteiger charge is -2.23. The maximum Gasteiger partial charge on any atom is 0.130 e. The molecule has 19 heavy (non-hydrogen) atoms. The van der Waals surface area contributed by atoms with Gasteiger partial charge < -0.3 is 5.32 Å². The Morgan fingerprint density at radius 2 is 1.89 bits per heavy atom. The summed E-state index contributed by atoms with van der Waals surface area (Å²) in [5, 5.41) is 5.37. The monoisotopic (exact) mass is 296 g/mol. The standard InChI is InChI=1S/C15H18Cl2N2/c1-5-18-14-10(15(2,3)4)8-9-6-7-11(16)12(17)13(9)19-14/h6-8H,5H2,1-4H3,(H,18,19). The molecule has 102 valence electrons. The molecule has 4 heteroatoms. The minimum absolute atomic E-state index is 0.0187. The number of aromatic nitrogens is 1. The van der Waals surface area contributed by atoms with Gasteiger partial charge in [-0.05, 0) is 24.5 Å². The molecule has 0 saturated heterocycles. The predicted molar refractivity (Wildman–Crippen MR) is 84.6 cm³/mol. The van der Waals surface area contributed by atoms with Crippen molar-refractivity contribution in [1.82, 2.24) is 4.98 Å². The van der Waals surface area contributed by atoms with Gasteiger partial charge in [0.1, 0.15) is 5.82 Å². The van der Waals surface area contributed by atoms with Gasteiger partial charge in [0, 0.05) is 17.5 Å². The van der Waals surface area contributed by atoms with Crippen molar-refractivity contribution in [2.45, 2.75) is 33.1 Å². The fraction of sp³-hybridized carbons (Fsp3) is 0.400. The topological polar surface area (TPSA) is 24.9 Å². The van der Waals surface area contributed by atoms with Crippen LogP contribution in [0.25, 0.3) is 10.9 Å². The number of hydrogen-bond acceptors (Lipinski definition) is 2. The van der Waals surface area contributed by atoms with Crippen molar-refractivity contribution >= 4 is 39.9 Å². The van der Waals surface area contributed by atoms with E-state index in [0.29, 0.717) is 10.0 Å². The van der Waals surface area contributed by atoms with Crippen LogP contribution in [0.3, 0.4) is 0 Å². The Bertz CT molecular complexity index is 616. The second-order valence-electron chi connectivity index (χ2n) is 5.60. The first-order chi connectivity index (χ1) is 8.84. The number of nitrogens with one attached hydrogen (secondary N) is 1. The van der Waals surface area contributed by atoms with E-state index in [1.165, 1.54) is 5.56 Å². The summed E-state index contributed by atoms with van der Waals surface area (Å²) in [7, 11) is 0. The maximum absolute atomic E-state index is 6.24. The van der Waals surface area contributed by atoms with Gasteiger partial charge >= 0.3 is 0 Å². The molecule has 2 aromatic rings. The molecule has 0 bridgehead atoms.